The normalized spacial score (nSPS) is 16.9. The molecule has 0 radical (unpaired) electrons. The van der Waals surface area contributed by atoms with E-state index in [0.29, 0.717) is 29.7 Å². The van der Waals surface area contributed by atoms with Gasteiger partial charge in [-0.15, -0.1) is 10.2 Å². The molecular weight excluding hydrogens is 428 g/mol. The number of aryl methyl sites for hydroxylation is 2. The Morgan fingerprint density at radius 2 is 2.12 bits per heavy atom. The van der Waals surface area contributed by atoms with Gasteiger partial charge in [0.1, 0.15) is 0 Å². The summed E-state index contributed by atoms with van der Waals surface area (Å²) in [5, 5.41) is 11.4. The Hall–Kier alpha value is -3.20. The molecule has 0 saturated carbocycles. The molecule has 3 heterocycles. The summed E-state index contributed by atoms with van der Waals surface area (Å²) in [7, 11) is 1.89. The van der Waals surface area contributed by atoms with E-state index in [1.807, 2.05) is 26.4 Å². The lowest BCUT2D eigenvalue weighted by Gasteiger charge is -2.35. The molecule has 0 aliphatic carbocycles. The topological polar surface area (TPSA) is 77.1 Å². The van der Waals surface area contributed by atoms with Gasteiger partial charge in [-0.25, -0.2) is 0 Å². The van der Waals surface area contributed by atoms with Crippen LogP contribution in [-0.2, 0) is 13.5 Å². The van der Waals surface area contributed by atoms with Gasteiger partial charge in [-0.3, -0.25) is 14.4 Å². The summed E-state index contributed by atoms with van der Waals surface area (Å²) in [6.45, 7) is 7.38. The summed E-state index contributed by atoms with van der Waals surface area (Å²) in [6.07, 6.45) is 4.89. The minimum atomic E-state index is -2.85. The van der Waals surface area contributed by atoms with Crippen LogP contribution < -0.4 is 0 Å². The van der Waals surface area contributed by atoms with E-state index in [9.17, 15) is 13.6 Å². The first-order valence-electron chi connectivity index (χ1n) is 11.1. The molecule has 1 saturated heterocycles. The number of benzene rings is 1. The second-order valence-electron chi connectivity index (χ2n) is 8.33. The third-order valence-electron chi connectivity index (χ3n) is 6.05. The standard InChI is InChI=1S/C24H27F2N5O2/c1-4-16-8-9-17(23-28-29-24(33-23)22(25)26)11-19(16)21(32)15(2)13-31-10-6-5-7-20(31)18-12-27-30(3)14-18/h8-9,11-12,14,20,22H,2,4-7,10,13H2,1,3H3. The molecule has 1 fully saturated rings. The van der Waals surface area contributed by atoms with Gasteiger partial charge in [0.15, 0.2) is 5.78 Å². The summed E-state index contributed by atoms with van der Waals surface area (Å²) in [4.78, 5) is 15.7. The quantitative estimate of drug-likeness (QED) is 0.354. The van der Waals surface area contributed by atoms with Crippen LogP contribution in [0.2, 0.25) is 0 Å². The summed E-state index contributed by atoms with van der Waals surface area (Å²) in [6, 6.07) is 5.32. The minimum absolute atomic E-state index is 0.0414. The number of carbonyl (C=O) groups excluding carboxylic acids is 1. The average molecular weight is 456 g/mol. The molecule has 1 aliphatic rings. The first-order chi connectivity index (χ1) is 15.9. The lowest BCUT2D eigenvalue weighted by atomic mass is 9.93. The van der Waals surface area contributed by atoms with Gasteiger partial charge in [-0.2, -0.15) is 13.9 Å². The fourth-order valence-corrected chi connectivity index (χ4v) is 4.35. The van der Waals surface area contributed by atoms with Crippen LogP contribution in [0, 0.1) is 0 Å². The summed E-state index contributed by atoms with van der Waals surface area (Å²) in [5.74, 6) is -0.952. The van der Waals surface area contributed by atoms with Gasteiger partial charge >= 0.3 is 6.43 Å². The molecule has 0 N–H and O–H groups in total. The average Bonchev–Trinajstić information content (AvgIpc) is 3.48. The van der Waals surface area contributed by atoms with Crippen molar-refractivity contribution in [3.05, 3.63) is 65.3 Å². The molecule has 2 aromatic heterocycles. The van der Waals surface area contributed by atoms with Crippen LogP contribution in [0.15, 0.2) is 47.2 Å². The molecule has 0 amide bonds. The van der Waals surface area contributed by atoms with Crippen LogP contribution in [0.25, 0.3) is 11.5 Å². The summed E-state index contributed by atoms with van der Waals surface area (Å²) < 4.78 is 32.5. The fourth-order valence-electron chi connectivity index (χ4n) is 4.35. The maximum Gasteiger partial charge on any atom is 0.314 e. The van der Waals surface area contributed by atoms with Gasteiger partial charge in [-0.1, -0.05) is 26.0 Å². The molecule has 7 nitrogen and oxygen atoms in total. The van der Waals surface area contributed by atoms with Crippen LogP contribution in [-0.4, -0.2) is 43.8 Å². The number of hydrogen-bond donors (Lipinski definition) is 0. The van der Waals surface area contributed by atoms with Gasteiger partial charge in [-0.05, 0) is 43.5 Å². The lowest BCUT2D eigenvalue weighted by Crippen LogP contribution is -2.35. The number of aromatic nitrogens is 4. The maximum atomic E-state index is 13.4. The van der Waals surface area contributed by atoms with Crippen molar-refractivity contribution in [2.45, 2.75) is 45.1 Å². The highest BCUT2D eigenvalue weighted by Crippen LogP contribution is 2.32. The van der Waals surface area contributed by atoms with E-state index in [2.05, 4.69) is 26.8 Å². The van der Waals surface area contributed by atoms with Crippen molar-refractivity contribution in [1.29, 1.82) is 0 Å². The third-order valence-corrected chi connectivity index (χ3v) is 6.05. The van der Waals surface area contributed by atoms with Gasteiger partial charge in [0, 0.05) is 48.1 Å². The van der Waals surface area contributed by atoms with Gasteiger partial charge in [0.05, 0.1) is 6.20 Å². The monoisotopic (exact) mass is 455 g/mol. The van der Waals surface area contributed by atoms with Crippen molar-refractivity contribution in [1.82, 2.24) is 24.9 Å². The van der Waals surface area contributed by atoms with Crippen LogP contribution in [0.4, 0.5) is 8.78 Å². The summed E-state index contributed by atoms with van der Waals surface area (Å²) >= 11 is 0. The Kier molecular flexibility index (Phi) is 6.78. The van der Waals surface area contributed by atoms with Crippen molar-refractivity contribution in [2.75, 3.05) is 13.1 Å². The highest BCUT2D eigenvalue weighted by Gasteiger charge is 2.27. The maximum absolute atomic E-state index is 13.4. The molecule has 1 aliphatic heterocycles. The smallest absolute Gasteiger partial charge is 0.314 e. The van der Waals surface area contributed by atoms with E-state index in [4.69, 9.17) is 4.42 Å². The molecule has 9 heteroatoms. The first-order valence-corrected chi connectivity index (χ1v) is 11.1. The molecule has 3 aromatic rings. The number of likely N-dealkylation sites (tertiary alicyclic amines) is 1. The molecule has 0 spiro atoms. The Labute approximate surface area is 191 Å². The number of piperidine rings is 1. The van der Waals surface area contributed by atoms with Crippen molar-refractivity contribution < 1.29 is 18.0 Å². The highest BCUT2D eigenvalue weighted by atomic mass is 19.3. The fraction of sp³-hybridized carbons (Fsp3) is 0.417. The second kappa shape index (κ2) is 9.74. The predicted molar refractivity (Wildman–Crippen MR) is 119 cm³/mol. The highest BCUT2D eigenvalue weighted by molar-refractivity contribution is 6.10. The molecule has 4 rings (SSSR count). The van der Waals surface area contributed by atoms with Gasteiger partial charge in [0.25, 0.3) is 5.89 Å². The predicted octanol–water partition coefficient (Wildman–Crippen LogP) is 4.94. The number of carbonyl (C=O) groups is 1. The van der Waals surface area contributed by atoms with Crippen LogP contribution in [0.1, 0.15) is 66.0 Å². The van der Waals surface area contributed by atoms with Crippen LogP contribution in [0.3, 0.4) is 0 Å². The number of halogens is 2. The Bertz CT molecular complexity index is 1150. The third kappa shape index (κ3) is 4.93. The lowest BCUT2D eigenvalue weighted by molar-refractivity contribution is 0.100. The van der Waals surface area contributed by atoms with E-state index in [-0.39, 0.29) is 17.7 Å². The molecule has 0 bridgehead atoms. The minimum Gasteiger partial charge on any atom is -0.415 e. The zero-order valence-corrected chi connectivity index (χ0v) is 18.8. The zero-order chi connectivity index (χ0) is 23.5. The van der Waals surface area contributed by atoms with E-state index < -0.39 is 12.3 Å². The van der Waals surface area contributed by atoms with Crippen molar-refractivity contribution in [2.24, 2.45) is 7.05 Å². The number of alkyl halides is 2. The van der Waals surface area contributed by atoms with E-state index in [1.54, 1.807) is 22.9 Å². The van der Waals surface area contributed by atoms with E-state index in [0.717, 1.165) is 36.9 Å². The van der Waals surface area contributed by atoms with E-state index >= 15 is 0 Å². The van der Waals surface area contributed by atoms with Crippen LogP contribution in [0.5, 0.6) is 0 Å². The zero-order valence-electron chi connectivity index (χ0n) is 18.8. The Morgan fingerprint density at radius 3 is 2.79 bits per heavy atom. The molecule has 33 heavy (non-hydrogen) atoms. The van der Waals surface area contributed by atoms with Crippen molar-refractivity contribution in [3.8, 4) is 11.5 Å². The molecular formula is C24H27F2N5O2. The Balaban J connectivity index is 1.56. The number of rotatable bonds is 8. The van der Waals surface area contributed by atoms with Crippen molar-refractivity contribution >= 4 is 5.78 Å². The number of ketones is 1. The number of Topliss-reactive ketones (excluding diaryl/α,β-unsaturated/α-hetero) is 1. The molecule has 1 unspecified atom stereocenters. The van der Waals surface area contributed by atoms with E-state index in [1.165, 1.54) is 0 Å². The first kappa shape index (κ1) is 23.0. The van der Waals surface area contributed by atoms with Crippen LogP contribution >= 0.6 is 0 Å². The summed E-state index contributed by atoms with van der Waals surface area (Å²) in [5.41, 5.74) is 3.37. The van der Waals surface area contributed by atoms with Gasteiger partial charge < -0.3 is 4.42 Å². The molecule has 1 atom stereocenters. The Morgan fingerprint density at radius 1 is 1.30 bits per heavy atom. The second-order valence-corrected chi connectivity index (χ2v) is 8.33. The SMILES string of the molecule is C=C(CN1CCCCC1c1cnn(C)c1)C(=O)c1cc(-c2nnc(C(F)F)o2)ccc1CC. The molecule has 1 aromatic carbocycles. The molecule has 174 valence electrons. The largest absolute Gasteiger partial charge is 0.415 e. The number of hydrogen-bond acceptors (Lipinski definition) is 6. The number of nitrogens with zero attached hydrogens (tertiary/aromatic N) is 5. The van der Waals surface area contributed by atoms with Crippen molar-refractivity contribution in [3.63, 3.8) is 0 Å². The van der Waals surface area contributed by atoms with Gasteiger partial charge in [0.2, 0.25) is 5.89 Å².